The number of aromatic nitrogens is 2. The first-order valence-electron chi connectivity index (χ1n) is 7.89. The zero-order chi connectivity index (χ0) is 17.3. The minimum Gasteiger partial charge on any atom is -0.423 e. The lowest BCUT2D eigenvalue weighted by Gasteiger charge is -2.33. The molecule has 2 atom stereocenters. The Kier molecular flexibility index (Phi) is 4.77. The Morgan fingerprint density at radius 1 is 1.29 bits per heavy atom. The molecule has 1 saturated heterocycles. The number of hydrogen-bond donors (Lipinski definition) is 2. The van der Waals surface area contributed by atoms with E-state index in [1.54, 1.807) is 0 Å². The first-order valence-corrected chi connectivity index (χ1v) is 7.89. The summed E-state index contributed by atoms with van der Waals surface area (Å²) in [5, 5.41) is 11.2. The third-order valence-corrected chi connectivity index (χ3v) is 4.51. The van der Waals surface area contributed by atoms with Crippen molar-refractivity contribution in [1.29, 1.82) is 0 Å². The number of alkyl halides is 3. The Balaban J connectivity index is 1.48. The highest BCUT2D eigenvalue weighted by Crippen LogP contribution is 2.41. The maximum Gasteiger partial charge on any atom is 0.522 e. The van der Waals surface area contributed by atoms with E-state index in [4.69, 9.17) is 10.2 Å². The molecule has 1 aliphatic heterocycles. The molecular formula is C14H19F3N4O3. The Labute approximate surface area is 136 Å². The predicted octanol–water partition coefficient (Wildman–Crippen LogP) is 1.77. The van der Waals surface area contributed by atoms with Gasteiger partial charge in [-0.25, -0.2) is 0 Å². The van der Waals surface area contributed by atoms with Gasteiger partial charge < -0.3 is 15.5 Å². The van der Waals surface area contributed by atoms with Gasteiger partial charge in [0, 0.05) is 12.3 Å². The molecule has 24 heavy (non-hydrogen) atoms. The number of primary amides is 1. The van der Waals surface area contributed by atoms with E-state index in [2.05, 4.69) is 20.3 Å². The summed E-state index contributed by atoms with van der Waals surface area (Å²) in [6.07, 6.45) is -3.10. The van der Waals surface area contributed by atoms with Crippen LogP contribution in [0.15, 0.2) is 4.42 Å². The van der Waals surface area contributed by atoms with Gasteiger partial charge in [-0.05, 0) is 38.1 Å². The van der Waals surface area contributed by atoms with E-state index in [0.29, 0.717) is 24.7 Å². The number of halogens is 3. The van der Waals surface area contributed by atoms with Gasteiger partial charge in [0.2, 0.25) is 17.7 Å². The number of carbonyl (C=O) groups is 1. The Hall–Kier alpha value is -1.68. The largest absolute Gasteiger partial charge is 0.522 e. The predicted molar refractivity (Wildman–Crippen MR) is 74.5 cm³/mol. The highest BCUT2D eigenvalue weighted by molar-refractivity contribution is 5.74. The summed E-state index contributed by atoms with van der Waals surface area (Å²) in [5.41, 5.74) is 5.19. The quantitative estimate of drug-likeness (QED) is 0.840. The highest BCUT2D eigenvalue weighted by Gasteiger charge is 2.42. The summed E-state index contributed by atoms with van der Waals surface area (Å²) in [6.45, 7) is 0.635. The summed E-state index contributed by atoms with van der Waals surface area (Å²) in [7, 11) is 0. The topological polar surface area (TPSA) is 103 Å². The van der Waals surface area contributed by atoms with E-state index >= 15 is 0 Å². The Morgan fingerprint density at radius 3 is 2.58 bits per heavy atom. The van der Waals surface area contributed by atoms with Gasteiger partial charge in [-0.3, -0.25) is 9.53 Å². The molecule has 1 amide bonds. The van der Waals surface area contributed by atoms with Crippen LogP contribution in [0.5, 0.6) is 0 Å². The fraction of sp³-hybridized carbons (Fsp3) is 0.786. The number of amides is 1. The van der Waals surface area contributed by atoms with Gasteiger partial charge in [-0.15, -0.1) is 23.4 Å². The maximum absolute atomic E-state index is 12.1. The number of piperidine rings is 1. The van der Waals surface area contributed by atoms with Crippen LogP contribution < -0.4 is 11.1 Å². The first kappa shape index (κ1) is 17.2. The summed E-state index contributed by atoms with van der Waals surface area (Å²) < 4.78 is 45.9. The summed E-state index contributed by atoms with van der Waals surface area (Å²) in [6, 6.07) is -0.0994. The van der Waals surface area contributed by atoms with E-state index in [9.17, 15) is 18.0 Å². The number of nitrogens with two attached hydrogens (primary N) is 1. The zero-order valence-electron chi connectivity index (χ0n) is 12.9. The van der Waals surface area contributed by atoms with Crippen LogP contribution in [0.3, 0.4) is 0 Å². The Bertz CT molecular complexity index is 578. The van der Waals surface area contributed by atoms with Crippen molar-refractivity contribution in [2.75, 3.05) is 6.54 Å². The van der Waals surface area contributed by atoms with Gasteiger partial charge in [0.15, 0.2) is 0 Å². The van der Waals surface area contributed by atoms with Gasteiger partial charge in [0.1, 0.15) is 0 Å². The normalized spacial score (nSPS) is 30.8. The number of nitrogens with zero attached hydrogens (tertiary/aromatic N) is 2. The van der Waals surface area contributed by atoms with Crippen molar-refractivity contribution in [2.45, 2.75) is 56.5 Å². The molecule has 1 saturated carbocycles. The monoisotopic (exact) mass is 348 g/mol. The lowest BCUT2D eigenvalue weighted by atomic mass is 9.82. The van der Waals surface area contributed by atoms with Crippen molar-refractivity contribution in [2.24, 2.45) is 11.7 Å². The average Bonchev–Trinajstić information content (AvgIpc) is 2.91. The van der Waals surface area contributed by atoms with E-state index < -0.39 is 12.5 Å². The van der Waals surface area contributed by atoms with E-state index in [1.165, 1.54) is 0 Å². The molecule has 0 bridgehead atoms. The van der Waals surface area contributed by atoms with Gasteiger partial charge >= 0.3 is 6.36 Å². The maximum atomic E-state index is 12.1. The van der Waals surface area contributed by atoms with Crippen LogP contribution in [-0.4, -0.2) is 35.1 Å². The highest BCUT2D eigenvalue weighted by atomic mass is 19.4. The molecule has 1 aliphatic carbocycles. The molecule has 2 heterocycles. The second kappa shape index (κ2) is 6.67. The molecule has 3 N–H and O–H groups in total. The van der Waals surface area contributed by atoms with Crippen LogP contribution in [0.1, 0.15) is 55.8 Å². The summed E-state index contributed by atoms with van der Waals surface area (Å²) >= 11 is 0. The third-order valence-electron chi connectivity index (χ3n) is 4.51. The van der Waals surface area contributed by atoms with Gasteiger partial charge in [-0.2, -0.15) is 0 Å². The number of hydrogen-bond acceptors (Lipinski definition) is 6. The van der Waals surface area contributed by atoms with Gasteiger partial charge in [0.05, 0.1) is 12.1 Å². The van der Waals surface area contributed by atoms with Crippen LogP contribution in [-0.2, 0) is 9.53 Å². The number of ether oxygens (including phenoxy) is 1. The van der Waals surface area contributed by atoms with Gasteiger partial charge in [0.25, 0.3) is 0 Å². The summed E-state index contributed by atoms with van der Waals surface area (Å²) in [4.78, 5) is 10.9. The second-order valence-corrected chi connectivity index (χ2v) is 6.41. The molecule has 0 aromatic carbocycles. The van der Waals surface area contributed by atoms with Crippen molar-refractivity contribution in [1.82, 2.24) is 15.5 Å². The van der Waals surface area contributed by atoms with E-state index in [-0.39, 0.29) is 36.6 Å². The van der Waals surface area contributed by atoms with Crippen molar-refractivity contribution < 1.29 is 27.1 Å². The lowest BCUT2D eigenvalue weighted by Crippen LogP contribution is -2.35. The van der Waals surface area contributed by atoms with Crippen LogP contribution in [0.2, 0.25) is 0 Å². The molecule has 0 unspecified atom stereocenters. The van der Waals surface area contributed by atoms with Crippen LogP contribution >= 0.6 is 0 Å². The molecule has 1 aromatic heterocycles. The van der Waals surface area contributed by atoms with Crippen LogP contribution in [0.25, 0.3) is 0 Å². The fourth-order valence-corrected chi connectivity index (χ4v) is 3.19. The van der Waals surface area contributed by atoms with Crippen molar-refractivity contribution in [3.8, 4) is 0 Å². The zero-order valence-corrected chi connectivity index (χ0v) is 12.9. The molecule has 7 nitrogen and oxygen atoms in total. The summed E-state index contributed by atoms with van der Waals surface area (Å²) in [5.74, 6) is 0.481. The second-order valence-electron chi connectivity index (χ2n) is 6.41. The molecule has 1 aromatic rings. The minimum absolute atomic E-state index is 0.0994. The molecule has 3 rings (SSSR count). The number of rotatable bonds is 5. The number of carbonyl (C=O) groups excluding carboxylic acids is 1. The van der Waals surface area contributed by atoms with Crippen LogP contribution in [0.4, 0.5) is 13.2 Å². The van der Waals surface area contributed by atoms with Crippen molar-refractivity contribution >= 4 is 5.91 Å². The molecule has 2 aliphatic rings. The molecule has 10 heteroatoms. The lowest BCUT2D eigenvalue weighted by molar-refractivity contribution is -0.352. The Morgan fingerprint density at radius 2 is 2.00 bits per heavy atom. The minimum atomic E-state index is -4.61. The molecule has 2 fully saturated rings. The fourth-order valence-electron chi connectivity index (χ4n) is 3.19. The van der Waals surface area contributed by atoms with Crippen molar-refractivity contribution in [3.05, 3.63) is 11.8 Å². The van der Waals surface area contributed by atoms with E-state index in [1.807, 2.05) is 0 Å². The van der Waals surface area contributed by atoms with Gasteiger partial charge in [-0.1, -0.05) is 0 Å². The average molecular weight is 348 g/mol. The standard InChI is InChI=1S/C14H19F3N4O3/c15-14(16,17)24-9-4-8(5-9)12-20-21-13(23-12)10-2-1-7(6-19-10)3-11(18)22/h7-10,19H,1-6H2,(H2,18,22)/t7-,8?,9?,10+/m0/s1. The molecule has 134 valence electrons. The number of nitrogens with one attached hydrogen (secondary N) is 1. The first-order chi connectivity index (χ1) is 11.3. The smallest absolute Gasteiger partial charge is 0.423 e. The third kappa shape index (κ3) is 4.23. The molecular weight excluding hydrogens is 329 g/mol. The molecule has 0 spiro atoms. The van der Waals surface area contributed by atoms with E-state index in [0.717, 1.165) is 12.8 Å². The van der Waals surface area contributed by atoms with Crippen molar-refractivity contribution in [3.63, 3.8) is 0 Å². The SMILES string of the molecule is NC(=O)C[C@@H]1CC[C@H](c2nnc(C3CC(OC(F)(F)F)C3)o2)NC1. The molecule has 0 radical (unpaired) electrons. The van der Waals surface area contributed by atoms with Crippen LogP contribution in [0, 0.1) is 5.92 Å².